The number of piperazine rings is 1. The third-order valence-electron chi connectivity index (χ3n) is 2.44. The van der Waals surface area contributed by atoms with Crippen LogP contribution in [-0.4, -0.2) is 42.0 Å². The fourth-order valence-corrected chi connectivity index (χ4v) is 1.54. The zero-order valence-electron chi connectivity index (χ0n) is 8.80. The molecule has 2 amide bonds. The lowest BCUT2D eigenvalue weighted by molar-refractivity contribution is -0.148. The van der Waals surface area contributed by atoms with Crippen LogP contribution in [0.5, 0.6) is 0 Å². The van der Waals surface area contributed by atoms with Crippen molar-refractivity contribution in [2.24, 2.45) is 0 Å². The minimum Gasteiger partial charge on any atom is -0.345 e. The molecule has 0 bridgehead atoms. The van der Waals surface area contributed by atoms with E-state index in [4.69, 9.17) is 0 Å². The van der Waals surface area contributed by atoms with E-state index in [2.05, 4.69) is 5.32 Å². The number of hydrogen-bond donors (Lipinski definition) is 1. The smallest absolute Gasteiger partial charge is 0.345 e. The number of carbonyl (C=O) groups is 2. The van der Waals surface area contributed by atoms with Crippen molar-refractivity contribution < 1.29 is 22.8 Å². The molecule has 7 heteroatoms. The molecule has 1 N–H and O–H groups in total. The highest BCUT2D eigenvalue weighted by Gasteiger charge is 2.32. The summed E-state index contributed by atoms with van der Waals surface area (Å²) >= 11 is 0. The van der Waals surface area contributed by atoms with E-state index in [-0.39, 0.29) is 31.3 Å². The van der Waals surface area contributed by atoms with Crippen LogP contribution in [0, 0.1) is 0 Å². The summed E-state index contributed by atoms with van der Waals surface area (Å²) in [7, 11) is 0. The Balaban J connectivity index is 2.45. The lowest BCUT2D eigenvalue weighted by Crippen LogP contribution is -2.57. The summed E-state index contributed by atoms with van der Waals surface area (Å²) in [6.07, 6.45) is -5.33. The van der Waals surface area contributed by atoms with Crippen LogP contribution in [0.3, 0.4) is 0 Å². The van der Waals surface area contributed by atoms with E-state index in [9.17, 15) is 22.8 Å². The average Bonchev–Trinajstić information content (AvgIpc) is 2.16. The van der Waals surface area contributed by atoms with E-state index in [1.807, 2.05) is 0 Å². The minimum absolute atomic E-state index is 0.0348. The molecule has 0 aliphatic carbocycles. The van der Waals surface area contributed by atoms with Crippen molar-refractivity contribution in [3.63, 3.8) is 0 Å². The van der Waals surface area contributed by atoms with Crippen molar-refractivity contribution in [2.45, 2.75) is 32.0 Å². The van der Waals surface area contributed by atoms with Gasteiger partial charge in [-0.3, -0.25) is 9.59 Å². The number of carbonyl (C=O) groups excluding carboxylic acids is 2. The van der Waals surface area contributed by atoms with Crippen LogP contribution in [0.15, 0.2) is 0 Å². The number of nitrogens with one attached hydrogen (secondary N) is 1. The Hall–Kier alpha value is -1.27. The summed E-state index contributed by atoms with van der Waals surface area (Å²) in [4.78, 5) is 23.7. The SMILES string of the molecule is CC1C(=O)NCC(=O)N1CCCC(F)(F)F. The molecular formula is C9H13F3N2O2. The van der Waals surface area contributed by atoms with Crippen molar-refractivity contribution >= 4 is 11.8 Å². The van der Waals surface area contributed by atoms with Crippen molar-refractivity contribution in [3.05, 3.63) is 0 Å². The predicted molar refractivity (Wildman–Crippen MR) is 49.5 cm³/mol. The topological polar surface area (TPSA) is 49.4 Å². The minimum atomic E-state index is -4.22. The van der Waals surface area contributed by atoms with E-state index in [1.165, 1.54) is 11.8 Å². The molecule has 0 aromatic carbocycles. The molecule has 1 rings (SSSR count). The molecule has 92 valence electrons. The van der Waals surface area contributed by atoms with Gasteiger partial charge in [-0.25, -0.2) is 0 Å². The van der Waals surface area contributed by atoms with Gasteiger partial charge in [0.05, 0.1) is 6.54 Å². The van der Waals surface area contributed by atoms with Crippen LogP contribution in [0.25, 0.3) is 0 Å². The molecule has 1 unspecified atom stereocenters. The standard InChI is InChI=1S/C9H13F3N2O2/c1-6-8(16)13-5-7(15)14(6)4-2-3-9(10,11)12/h6H,2-5H2,1H3,(H,13,16). The molecule has 0 saturated carbocycles. The number of hydrogen-bond acceptors (Lipinski definition) is 2. The van der Waals surface area contributed by atoms with Gasteiger partial charge in [0.1, 0.15) is 6.04 Å². The second-order valence-corrected chi connectivity index (χ2v) is 3.70. The highest BCUT2D eigenvalue weighted by molar-refractivity contribution is 5.94. The van der Waals surface area contributed by atoms with Crippen molar-refractivity contribution in [3.8, 4) is 0 Å². The number of rotatable bonds is 3. The van der Waals surface area contributed by atoms with E-state index in [0.717, 1.165) is 0 Å². The van der Waals surface area contributed by atoms with Gasteiger partial charge < -0.3 is 10.2 Å². The Bertz CT molecular complexity index is 291. The van der Waals surface area contributed by atoms with Crippen molar-refractivity contribution in [1.82, 2.24) is 10.2 Å². The number of amides is 2. The second kappa shape index (κ2) is 4.71. The molecule has 1 heterocycles. The second-order valence-electron chi connectivity index (χ2n) is 3.70. The van der Waals surface area contributed by atoms with Crippen LogP contribution in [0.1, 0.15) is 19.8 Å². The molecule has 0 radical (unpaired) electrons. The van der Waals surface area contributed by atoms with E-state index >= 15 is 0 Å². The molecule has 1 saturated heterocycles. The molecule has 0 spiro atoms. The first-order valence-electron chi connectivity index (χ1n) is 4.95. The maximum atomic E-state index is 11.9. The largest absolute Gasteiger partial charge is 0.389 e. The molecule has 16 heavy (non-hydrogen) atoms. The Morgan fingerprint density at radius 3 is 2.62 bits per heavy atom. The molecule has 0 aromatic rings. The highest BCUT2D eigenvalue weighted by atomic mass is 19.4. The third-order valence-corrected chi connectivity index (χ3v) is 2.44. The van der Waals surface area contributed by atoms with E-state index in [1.54, 1.807) is 0 Å². The van der Waals surface area contributed by atoms with Gasteiger partial charge >= 0.3 is 6.18 Å². The van der Waals surface area contributed by atoms with E-state index in [0.29, 0.717) is 0 Å². The fraction of sp³-hybridized carbons (Fsp3) is 0.778. The van der Waals surface area contributed by atoms with Gasteiger partial charge in [0.25, 0.3) is 0 Å². The summed E-state index contributed by atoms with van der Waals surface area (Å²) in [6.45, 7) is 1.34. The fourth-order valence-electron chi connectivity index (χ4n) is 1.54. The van der Waals surface area contributed by atoms with Crippen LogP contribution in [0.2, 0.25) is 0 Å². The summed E-state index contributed by atoms with van der Waals surface area (Å²) in [5.74, 6) is -0.666. The predicted octanol–water partition coefficient (Wildman–Crippen LogP) is 0.676. The molecule has 0 aromatic heterocycles. The van der Waals surface area contributed by atoms with Crippen molar-refractivity contribution in [2.75, 3.05) is 13.1 Å². The Morgan fingerprint density at radius 1 is 1.44 bits per heavy atom. The Kier molecular flexibility index (Phi) is 3.77. The van der Waals surface area contributed by atoms with Gasteiger partial charge in [-0.05, 0) is 13.3 Å². The normalized spacial score (nSPS) is 22.2. The molecule has 1 atom stereocenters. The monoisotopic (exact) mass is 238 g/mol. The first-order valence-corrected chi connectivity index (χ1v) is 4.95. The Labute approximate surface area is 90.8 Å². The van der Waals surface area contributed by atoms with Gasteiger partial charge in [0.2, 0.25) is 11.8 Å². The number of alkyl halides is 3. The zero-order valence-corrected chi connectivity index (χ0v) is 8.80. The van der Waals surface area contributed by atoms with Crippen LogP contribution >= 0.6 is 0 Å². The van der Waals surface area contributed by atoms with Crippen LogP contribution in [0.4, 0.5) is 13.2 Å². The average molecular weight is 238 g/mol. The maximum Gasteiger partial charge on any atom is 0.389 e. The van der Waals surface area contributed by atoms with Gasteiger partial charge in [0, 0.05) is 13.0 Å². The molecule has 1 aliphatic heterocycles. The summed E-state index contributed by atoms with van der Waals surface area (Å²) < 4.78 is 35.7. The van der Waals surface area contributed by atoms with Crippen molar-refractivity contribution in [1.29, 1.82) is 0 Å². The summed E-state index contributed by atoms with van der Waals surface area (Å²) in [6, 6.07) is -0.686. The van der Waals surface area contributed by atoms with E-state index < -0.39 is 18.6 Å². The Morgan fingerprint density at radius 2 is 2.06 bits per heavy atom. The van der Waals surface area contributed by atoms with Gasteiger partial charge in [-0.2, -0.15) is 13.2 Å². The quantitative estimate of drug-likeness (QED) is 0.785. The maximum absolute atomic E-state index is 11.9. The lowest BCUT2D eigenvalue weighted by Gasteiger charge is -2.32. The molecule has 1 aliphatic rings. The first-order chi connectivity index (χ1) is 7.31. The number of halogens is 3. The molecule has 1 fully saturated rings. The van der Waals surface area contributed by atoms with Gasteiger partial charge in [-0.15, -0.1) is 0 Å². The highest BCUT2D eigenvalue weighted by Crippen LogP contribution is 2.21. The lowest BCUT2D eigenvalue weighted by atomic mass is 10.1. The number of nitrogens with zero attached hydrogens (tertiary/aromatic N) is 1. The van der Waals surface area contributed by atoms with Gasteiger partial charge in [-0.1, -0.05) is 0 Å². The van der Waals surface area contributed by atoms with Crippen LogP contribution in [-0.2, 0) is 9.59 Å². The molecule has 4 nitrogen and oxygen atoms in total. The molecular weight excluding hydrogens is 225 g/mol. The summed E-state index contributed by atoms with van der Waals surface area (Å²) in [5, 5.41) is 2.37. The third kappa shape index (κ3) is 3.39. The van der Waals surface area contributed by atoms with Gasteiger partial charge in [0.15, 0.2) is 0 Å². The van der Waals surface area contributed by atoms with Crippen LogP contribution < -0.4 is 5.32 Å². The first kappa shape index (κ1) is 12.8. The summed E-state index contributed by atoms with van der Waals surface area (Å²) in [5.41, 5.74) is 0. The zero-order chi connectivity index (χ0) is 12.3.